The van der Waals surface area contributed by atoms with Crippen molar-refractivity contribution in [1.82, 2.24) is 0 Å². The lowest BCUT2D eigenvalue weighted by molar-refractivity contribution is 0.0861. The monoisotopic (exact) mass is 504 g/mol. The van der Waals surface area contributed by atoms with E-state index in [9.17, 15) is 18.6 Å². The third kappa shape index (κ3) is 4.86. The van der Waals surface area contributed by atoms with Crippen molar-refractivity contribution in [2.45, 2.75) is 127 Å². The van der Waals surface area contributed by atoms with E-state index in [2.05, 4.69) is 32.6 Å². The third-order valence-electron chi connectivity index (χ3n) is 10.2. The van der Waals surface area contributed by atoms with Crippen molar-refractivity contribution >= 4 is 9.84 Å². The second kappa shape index (κ2) is 9.44. The van der Waals surface area contributed by atoms with E-state index < -0.39 is 31.5 Å². The van der Waals surface area contributed by atoms with Gasteiger partial charge in [0.05, 0.1) is 21.7 Å². The van der Waals surface area contributed by atoms with Gasteiger partial charge in [-0.05, 0) is 119 Å². The van der Waals surface area contributed by atoms with Crippen LogP contribution in [-0.4, -0.2) is 40.3 Å². The highest BCUT2D eigenvalue weighted by molar-refractivity contribution is 7.94. The lowest BCUT2D eigenvalue weighted by atomic mass is 9.60. The van der Waals surface area contributed by atoms with Gasteiger partial charge < -0.3 is 10.2 Å². The first-order valence-electron chi connectivity index (χ1n) is 13.9. The summed E-state index contributed by atoms with van der Waals surface area (Å²) in [6.45, 7) is 14.5. The number of allylic oxidation sites excluding steroid dienone is 3. The molecular formula is C30H48O4S. The van der Waals surface area contributed by atoms with Crippen molar-refractivity contribution in [3.05, 3.63) is 35.5 Å². The number of hydrogen-bond acceptors (Lipinski definition) is 4. The molecule has 0 aromatic rings. The fourth-order valence-corrected chi connectivity index (χ4v) is 10.1. The number of hydrogen-bond donors (Lipinski definition) is 2. The molecule has 4 aliphatic rings. The van der Waals surface area contributed by atoms with E-state index in [1.807, 2.05) is 20.8 Å². The van der Waals surface area contributed by atoms with Crippen LogP contribution >= 0.6 is 0 Å². The van der Waals surface area contributed by atoms with Gasteiger partial charge in [-0.3, -0.25) is 0 Å². The van der Waals surface area contributed by atoms with Crippen LogP contribution in [-0.2, 0) is 9.84 Å². The molecule has 2 N–H and O–H groups in total. The highest BCUT2D eigenvalue weighted by Gasteiger charge is 2.58. The zero-order valence-electron chi connectivity index (χ0n) is 22.6. The summed E-state index contributed by atoms with van der Waals surface area (Å²) in [6, 6.07) is 0. The molecule has 0 aromatic carbocycles. The molecule has 1 unspecified atom stereocenters. The molecule has 0 bridgehead atoms. The van der Waals surface area contributed by atoms with Crippen molar-refractivity contribution in [1.29, 1.82) is 0 Å². The molecule has 4 rings (SSSR count). The predicted octanol–water partition coefficient (Wildman–Crippen LogP) is 6.29. The minimum absolute atomic E-state index is 0.268. The average molecular weight is 505 g/mol. The zero-order chi connectivity index (χ0) is 25.8. The summed E-state index contributed by atoms with van der Waals surface area (Å²) in [6.07, 6.45) is 13.7. The summed E-state index contributed by atoms with van der Waals surface area (Å²) in [5, 5.41) is 20.3. The Balaban J connectivity index is 1.46. The zero-order valence-corrected chi connectivity index (χ0v) is 23.5. The van der Waals surface area contributed by atoms with E-state index in [1.54, 1.807) is 0 Å². The highest BCUT2D eigenvalue weighted by Crippen LogP contribution is 2.61. The number of rotatable bonds is 6. The van der Waals surface area contributed by atoms with Crippen LogP contribution in [0.2, 0.25) is 0 Å². The Morgan fingerprint density at radius 3 is 2.46 bits per heavy atom. The van der Waals surface area contributed by atoms with Gasteiger partial charge in [0.2, 0.25) is 0 Å². The van der Waals surface area contributed by atoms with Crippen molar-refractivity contribution in [3.8, 4) is 0 Å². The van der Waals surface area contributed by atoms with E-state index in [1.165, 1.54) is 31.3 Å². The van der Waals surface area contributed by atoms with Gasteiger partial charge in [0.1, 0.15) is 0 Å². The Bertz CT molecular complexity index is 994. The van der Waals surface area contributed by atoms with E-state index in [0.717, 1.165) is 43.3 Å². The summed E-state index contributed by atoms with van der Waals surface area (Å²) in [4.78, 5) is 0. The van der Waals surface area contributed by atoms with E-state index in [4.69, 9.17) is 0 Å². The molecule has 0 spiro atoms. The van der Waals surface area contributed by atoms with Crippen LogP contribution < -0.4 is 0 Å². The van der Waals surface area contributed by atoms with Gasteiger partial charge in [-0.15, -0.1) is 0 Å². The van der Waals surface area contributed by atoms with Gasteiger partial charge in [-0.25, -0.2) is 8.42 Å². The molecular weight excluding hydrogens is 456 g/mol. The predicted molar refractivity (Wildman–Crippen MR) is 144 cm³/mol. The molecule has 0 aliphatic heterocycles. The van der Waals surface area contributed by atoms with E-state index in [0.29, 0.717) is 30.6 Å². The molecule has 0 radical (unpaired) electrons. The first-order chi connectivity index (χ1) is 16.2. The maximum absolute atomic E-state index is 13.2. The summed E-state index contributed by atoms with van der Waals surface area (Å²) in [5.41, 5.74) is 3.51. The first-order valence-corrected chi connectivity index (χ1v) is 15.4. The van der Waals surface area contributed by atoms with Gasteiger partial charge in [0.15, 0.2) is 9.84 Å². The molecule has 5 heteroatoms. The quantitative estimate of drug-likeness (QED) is 0.446. The van der Waals surface area contributed by atoms with Crippen LogP contribution in [0.25, 0.3) is 0 Å². The lowest BCUT2D eigenvalue weighted by Crippen LogP contribution is -2.40. The SMILES string of the molecule is C=C1C(=CC=C2CCC[C@@]3(C)C2CC[C@@H]3[C@H](C)CCC2(S(=O)(=O)C(C)(C)C)CC2)C[C@@H](O)C[C@@H]1O. The molecule has 4 saturated carbocycles. The molecule has 4 fully saturated rings. The number of aliphatic hydroxyl groups excluding tert-OH is 2. The first kappa shape index (κ1) is 27.1. The number of fused-ring (bicyclic) bond motifs is 1. The van der Waals surface area contributed by atoms with Gasteiger partial charge in [0, 0.05) is 6.42 Å². The molecule has 0 amide bonds. The minimum Gasteiger partial charge on any atom is -0.393 e. The molecule has 0 aromatic heterocycles. The summed E-state index contributed by atoms with van der Waals surface area (Å²) in [5.74, 6) is 1.73. The largest absolute Gasteiger partial charge is 0.393 e. The van der Waals surface area contributed by atoms with Crippen molar-refractivity contribution in [2.24, 2.45) is 23.2 Å². The maximum Gasteiger partial charge on any atom is 0.160 e. The highest BCUT2D eigenvalue weighted by atomic mass is 32.2. The van der Waals surface area contributed by atoms with Gasteiger partial charge in [0.25, 0.3) is 0 Å². The maximum atomic E-state index is 13.2. The summed E-state index contributed by atoms with van der Waals surface area (Å²) in [7, 11) is -3.12. The molecule has 4 nitrogen and oxygen atoms in total. The lowest BCUT2D eigenvalue weighted by Gasteiger charge is -2.44. The third-order valence-corrected chi connectivity index (χ3v) is 13.6. The van der Waals surface area contributed by atoms with Crippen molar-refractivity contribution in [2.75, 3.05) is 0 Å². The second-order valence-corrected chi connectivity index (χ2v) is 16.6. The van der Waals surface area contributed by atoms with E-state index >= 15 is 0 Å². The Labute approximate surface area is 213 Å². The Kier molecular flexibility index (Phi) is 7.32. The van der Waals surface area contributed by atoms with Gasteiger partial charge in [-0.1, -0.05) is 38.2 Å². The molecule has 35 heavy (non-hydrogen) atoms. The van der Waals surface area contributed by atoms with Crippen LogP contribution in [0.1, 0.15) is 105 Å². The Hall–Kier alpha value is -0.910. The van der Waals surface area contributed by atoms with Gasteiger partial charge in [-0.2, -0.15) is 0 Å². The molecule has 4 aliphatic carbocycles. The average Bonchev–Trinajstić information content (AvgIpc) is 3.48. The molecule has 0 saturated heterocycles. The molecule has 6 atom stereocenters. The summed E-state index contributed by atoms with van der Waals surface area (Å²) >= 11 is 0. The standard InChI is InChI=1S/C30H48O4S/c1-20(13-15-30(16-17-30)35(33,34)28(3,4)5)25-11-12-26-22(8-7-14-29(25,26)6)9-10-23-18-24(31)19-27(32)21(23)2/h9-10,20,24-27,31-32H,2,7-8,11-19H2,1,3-6H3/t20-,24-,25-,26?,27+,29-/m1/s1. The fourth-order valence-electron chi connectivity index (χ4n) is 7.81. The van der Waals surface area contributed by atoms with E-state index in [-0.39, 0.29) is 5.41 Å². The Morgan fingerprint density at radius 2 is 1.83 bits per heavy atom. The van der Waals surface area contributed by atoms with Crippen LogP contribution in [0.15, 0.2) is 35.5 Å². The smallest absolute Gasteiger partial charge is 0.160 e. The molecule has 0 heterocycles. The second-order valence-electron chi connectivity index (χ2n) is 13.5. The minimum atomic E-state index is -3.12. The van der Waals surface area contributed by atoms with Crippen LogP contribution in [0.3, 0.4) is 0 Å². The normalized spacial score (nSPS) is 38.5. The Morgan fingerprint density at radius 1 is 1.14 bits per heavy atom. The number of sulfone groups is 1. The summed E-state index contributed by atoms with van der Waals surface area (Å²) < 4.78 is 25.3. The molecule has 198 valence electrons. The van der Waals surface area contributed by atoms with Crippen LogP contribution in [0, 0.1) is 23.2 Å². The van der Waals surface area contributed by atoms with Gasteiger partial charge >= 0.3 is 0 Å². The topological polar surface area (TPSA) is 74.6 Å². The van der Waals surface area contributed by atoms with Crippen LogP contribution in [0.5, 0.6) is 0 Å². The van der Waals surface area contributed by atoms with Crippen LogP contribution in [0.4, 0.5) is 0 Å². The number of aliphatic hydroxyl groups is 2. The van der Waals surface area contributed by atoms with Crippen molar-refractivity contribution in [3.63, 3.8) is 0 Å². The fraction of sp³-hybridized carbons (Fsp3) is 0.800. The van der Waals surface area contributed by atoms with Crippen molar-refractivity contribution < 1.29 is 18.6 Å².